The molecule has 3 rings (SSSR count). The minimum Gasteiger partial charge on any atom is -0.444 e. The molecular weight excluding hydrogens is 234 g/mol. The van der Waals surface area contributed by atoms with Crippen molar-refractivity contribution in [3.8, 4) is 10.8 Å². The SMILES string of the molecule is Nc1c(Oc2ccccc2)sc2c1C(=O)CC2. The molecule has 0 radical (unpaired) electrons. The third kappa shape index (κ3) is 1.70. The predicted octanol–water partition coefficient (Wildman–Crippen LogP) is 3.25. The zero-order valence-corrected chi connectivity index (χ0v) is 9.92. The van der Waals surface area contributed by atoms with Gasteiger partial charge in [0.2, 0.25) is 5.06 Å². The van der Waals surface area contributed by atoms with Crippen LogP contribution in [-0.4, -0.2) is 5.78 Å². The van der Waals surface area contributed by atoms with Gasteiger partial charge in [-0.3, -0.25) is 4.79 Å². The highest BCUT2D eigenvalue weighted by Gasteiger charge is 2.28. The second-order valence-electron chi connectivity index (χ2n) is 3.94. The Labute approximate surface area is 103 Å². The van der Waals surface area contributed by atoms with Gasteiger partial charge in [0.25, 0.3) is 0 Å². The number of nitrogen functional groups attached to an aromatic ring is 1. The van der Waals surface area contributed by atoms with Crippen molar-refractivity contribution < 1.29 is 9.53 Å². The summed E-state index contributed by atoms with van der Waals surface area (Å²) in [6.07, 6.45) is 1.37. The lowest BCUT2D eigenvalue weighted by Gasteiger charge is -2.04. The highest BCUT2D eigenvalue weighted by atomic mass is 32.1. The fourth-order valence-corrected chi connectivity index (χ4v) is 3.08. The first-order valence-electron chi connectivity index (χ1n) is 5.43. The number of aryl methyl sites for hydroxylation is 1. The van der Waals surface area contributed by atoms with Crippen LogP contribution in [0.15, 0.2) is 30.3 Å². The molecule has 0 saturated heterocycles. The van der Waals surface area contributed by atoms with Crippen molar-refractivity contribution >= 4 is 22.8 Å². The van der Waals surface area contributed by atoms with E-state index in [9.17, 15) is 4.79 Å². The fraction of sp³-hybridized carbons (Fsp3) is 0.154. The molecular formula is C13H11NO2S. The molecule has 0 fully saturated rings. The maximum atomic E-state index is 11.6. The molecule has 1 heterocycles. The number of nitrogens with two attached hydrogens (primary N) is 1. The number of benzene rings is 1. The number of carbonyl (C=O) groups is 1. The van der Waals surface area contributed by atoms with Gasteiger partial charge in [0.05, 0.1) is 11.3 Å². The molecule has 0 atom stereocenters. The molecule has 17 heavy (non-hydrogen) atoms. The van der Waals surface area contributed by atoms with E-state index in [1.807, 2.05) is 30.3 Å². The van der Waals surface area contributed by atoms with Gasteiger partial charge in [-0.05, 0) is 18.6 Å². The maximum Gasteiger partial charge on any atom is 0.204 e. The van der Waals surface area contributed by atoms with E-state index in [-0.39, 0.29) is 5.78 Å². The van der Waals surface area contributed by atoms with E-state index in [1.165, 1.54) is 11.3 Å². The Hall–Kier alpha value is -1.81. The largest absolute Gasteiger partial charge is 0.444 e. The van der Waals surface area contributed by atoms with Crippen molar-refractivity contribution in [2.24, 2.45) is 0 Å². The first-order valence-corrected chi connectivity index (χ1v) is 6.24. The second kappa shape index (κ2) is 3.89. The molecule has 4 heteroatoms. The van der Waals surface area contributed by atoms with E-state index in [1.54, 1.807) is 0 Å². The zero-order valence-electron chi connectivity index (χ0n) is 9.10. The summed E-state index contributed by atoms with van der Waals surface area (Å²) in [6.45, 7) is 0. The number of Topliss-reactive ketones (excluding diaryl/α,β-unsaturated/α-hetero) is 1. The summed E-state index contributed by atoms with van der Waals surface area (Å²) in [4.78, 5) is 12.7. The molecule has 0 bridgehead atoms. The Morgan fingerprint density at radius 1 is 1.18 bits per heavy atom. The third-order valence-electron chi connectivity index (χ3n) is 2.80. The van der Waals surface area contributed by atoms with Crippen LogP contribution in [0.2, 0.25) is 0 Å². The van der Waals surface area contributed by atoms with Crippen LogP contribution in [0, 0.1) is 0 Å². The average Bonchev–Trinajstić information content (AvgIpc) is 2.84. The van der Waals surface area contributed by atoms with Crippen LogP contribution in [0.3, 0.4) is 0 Å². The van der Waals surface area contributed by atoms with Gasteiger partial charge in [-0.15, -0.1) is 11.3 Å². The van der Waals surface area contributed by atoms with Crippen molar-refractivity contribution in [1.82, 2.24) is 0 Å². The topological polar surface area (TPSA) is 52.3 Å². The average molecular weight is 245 g/mol. The number of thiophene rings is 1. The Kier molecular flexibility index (Phi) is 2.37. The van der Waals surface area contributed by atoms with E-state index >= 15 is 0 Å². The number of hydrogen-bond acceptors (Lipinski definition) is 4. The molecule has 0 saturated carbocycles. The molecule has 2 N–H and O–H groups in total. The van der Waals surface area contributed by atoms with Crippen molar-refractivity contribution in [3.05, 3.63) is 40.8 Å². The summed E-state index contributed by atoms with van der Waals surface area (Å²) in [5.41, 5.74) is 7.14. The zero-order chi connectivity index (χ0) is 11.8. The van der Waals surface area contributed by atoms with Crippen LogP contribution in [0.25, 0.3) is 0 Å². The quantitative estimate of drug-likeness (QED) is 0.883. The van der Waals surface area contributed by atoms with Crippen molar-refractivity contribution in [2.75, 3.05) is 5.73 Å². The number of anilines is 1. The first kappa shape index (κ1) is 10.4. The Balaban J connectivity index is 1.96. The van der Waals surface area contributed by atoms with Crippen LogP contribution >= 0.6 is 11.3 Å². The van der Waals surface area contributed by atoms with E-state index in [0.717, 1.165) is 17.0 Å². The third-order valence-corrected chi connectivity index (χ3v) is 3.94. The minimum absolute atomic E-state index is 0.136. The Morgan fingerprint density at radius 3 is 2.65 bits per heavy atom. The molecule has 1 aliphatic rings. The van der Waals surface area contributed by atoms with Crippen LogP contribution in [0.5, 0.6) is 10.8 Å². The van der Waals surface area contributed by atoms with Gasteiger partial charge in [0, 0.05) is 11.3 Å². The summed E-state index contributed by atoms with van der Waals surface area (Å²) in [6, 6.07) is 9.46. The second-order valence-corrected chi connectivity index (χ2v) is 5.01. The van der Waals surface area contributed by atoms with E-state index in [0.29, 0.717) is 22.7 Å². The van der Waals surface area contributed by atoms with E-state index in [4.69, 9.17) is 10.5 Å². The lowest BCUT2D eigenvalue weighted by atomic mass is 10.2. The number of ether oxygens (including phenoxy) is 1. The molecule has 86 valence electrons. The highest BCUT2D eigenvalue weighted by molar-refractivity contribution is 7.15. The number of rotatable bonds is 2. The summed E-state index contributed by atoms with van der Waals surface area (Å²) in [7, 11) is 0. The lowest BCUT2D eigenvalue weighted by Crippen LogP contribution is -1.97. The molecule has 0 amide bonds. The number of carbonyl (C=O) groups excluding carboxylic acids is 1. The fourth-order valence-electron chi connectivity index (χ4n) is 1.98. The monoisotopic (exact) mass is 245 g/mol. The standard InChI is InChI=1S/C13H11NO2S/c14-12-11-9(15)6-7-10(11)17-13(12)16-8-4-2-1-3-5-8/h1-5H,6-7,14H2. The van der Waals surface area contributed by atoms with E-state index < -0.39 is 0 Å². The van der Waals surface area contributed by atoms with Gasteiger partial charge in [-0.2, -0.15) is 0 Å². The summed E-state index contributed by atoms with van der Waals surface area (Å²) >= 11 is 1.48. The molecule has 0 spiro atoms. The van der Waals surface area contributed by atoms with Gasteiger partial charge in [0.1, 0.15) is 5.75 Å². The molecule has 2 aromatic rings. The lowest BCUT2D eigenvalue weighted by molar-refractivity contribution is 0.0995. The van der Waals surface area contributed by atoms with E-state index in [2.05, 4.69) is 0 Å². The minimum atomic E-state index is 0.136. The maximum absolute atomic E-state index is 11.6. The Morgan fingerprint density at radius 2 is 1.94 bits per heavy atom. The van der Waals surface area contributed by atoms with Crippen LogP contribution in [0.1, 0.15) is 21.7 Å². The first-order chi connectivity index (χ1) is 8.25. The normalized spacial score (nSPS) is 13.8. The molecule has 1 aliphatic carbocycles. The smallest absolute Gasteiger partial charge is 0.204 e. The highest BCUT2D eigenvalue weighted by Crippen LogP contribution is 2.44. The number of hydrogen-bond donors (Lipinski definition) is 1. The van der Waals surface area contributed by atoms with Crippen LogP contribution in [0.4, 0.5) is 5.69 Å². The molecule has 0 unspecified atom stereocenters. The van der Waals surface area contributed by atoms with Crippen molar-refractivity contribution in [3.63, 3.8) is 0 Å². The summed E-state index contributed by atoms with van der Waals surface area (Å²) in [5, 5.41) is 0.634. The van der Waals surface area contributed by atoms with Gasteiger partial charge in [-0.25, -0.2) is 0 Å². The molecule has 1 aromatic carbocycles. The van der Waals surface area contributed by atoms with Crippen LogP contribution < -0.4 is 10.5 Å². The molecule has 1 aromatic heterocycles. The number of fused-ring (bicyclic) bond motifs is 1. The van der Waals surface area contributed by atoms with Gasteiger partial charge < -0.3 is 10.5 Å². The number of para-hydroxylation sites is 1. The molecule has 3 nitrogen and oxygen atoms in total. The van der Waals surface area contributed by atoms with Crippen molar-refractivity contribution in [1.29, 1.82) is 0 Å². The van der Waals surface area contributed by atoms with Gasteiger partial charge in [0.15, 0.2) is 5.78 Å². The predicted molar refractivity (Wildman–Crippen MR) is 67.9 cm³/mol. The number of ketones is 1. The van der Waals surface area contributed by atoms with Gasteiger partial charge >= 0.3 is 0 Å². The van der Waals surface area contributed by atoms with Crippen molar-refractivity contribution in [2.45, 2.75) is 12.8 Å². The summed E-state index contributed by atoms with van der Waals surface area (Å²) in [5.74, 6) is 0.878. The van der Waals surface area contributed by atoms with Gasteiger partial charge in [-0.1, -0.05) is 18.2 Å². The Bertz CT molecular complexity index is 575. The summed E-state index contributed by atoms with van der Waals surface area (Å²) < 4.78 is 5.70. The molecule has 0 aliphatic heterocycles. The van der Waals surface area contributed by atoms with Crippen LogP contribution in [-0.2, 0) is 6.42 Å².